The van der Waals surface area contributed by atoms with Crippen LogP contribution in [0.4, 0.5) is 34.1 Å². The molecule has 11 aromatic carbocycles. The third-order valence-electron chi connectivity index (χ3n) is 14.4. The average Bonchev–Trinajstić information content (AvgIpc) is 3.89. The molecule has 4 heteroatoms. The molecule has 2 heterocycles. The highest BCUT2D eigenvalue weighted by Crippen LogP contribution is 2.48. The van der Waals surface area contributed by atoms with Crippen molar-refractivity contribution in [2.45, 2.75) is 52.4 Å². The number of nitrogens with zero attached hydrogens (tertiary/aromatic N) is 2. The van der Waals surface area contributed by atoms with Crippen LogP contribution in [0.2, 0.25) is 0 Å². The molecule has 0 atom stereocenters. The van der Waals surface area contributed by atoms with Crippen LogP contribution in [0.3, 0.4) is 0 Å². The van der Waals surface area contributed by atoms with Crippen molar-refractivity contribution in [3.8, 4) is 0 Å². The van der Waals surface area contributed by atoms with E-state index in [1.54, 1.807) is 0 Å². The SMILES string of the molecule is CC(C)(C)c1ccc2ccccc2c1N(c1ccccc1)c1ccc2cc3c(cc2c1)oc1cc2oc4cc5cc(N(c6ccccc6)c6c(C(C)(C)C)ccc7ccccc67)ccc5cc4c2cc13. The highest BCUT2D eigenvalue weighted by atomic mass is 16.3. The number of para-hydroxylation sites is 2. The van der Waals surface area contributed by atoms with Crippen LogP contribution in [0, 0.1) is 0 Å². The van der Waals surface area contributed by atoms with E-state index in [2.05, 4.69) is 258 Å². The molecular formula is C66H52N2O2. The van der Waals surface area contributed by atoms with Gasteiger partial charge in [0, 0.05) is 61.1 Å². The highest BCUT2D eigenvalue weighted by Gasteiger charge is 2.28. The van der Waals surface area contributed by atoms with Crippen LogP contribution in [0.1, 0.15) is 52.7 Å². The quantitative estimate of drug-likeness (QED) is 0.166. The Morgan fingerprint density at radius 3 is 1.07 bits per heavy atom. The molecule has 0 saturated heterocycles. The Morgan fingerprint density at radius 2 is 0.643 bits per heavy atom. The Labute approximate surface area is 407 Å². The third kappa shape index (κ3) is 6.81. The maximum Gasteiger partial charge on any atom is 0.139 e. The summed E-state index contributed by atoms with van der Waals surface area (Å²) in [7, 11) is 0. The van der Waals surface area contributed by atoms with Crippen molar-refractivity contribution in [3.63, 3.8) is 0 Å². The Hall–Kier alpha value is -8.34. The summed E-state index contributed by atoms with van der Waals surface area (Å²) in [5, 5.41) is 13.7. The smallest absolute Gasteiger partial charge is 0.139 e. The van der Waals surface area contributed by atoms with Gasteiger partial charge in [-0.1, -0.05) is 163 Å². The Balaban J connectivity index is 0.930. The minimum absolute atomic E-state index is 0.0926. The van der Waals surface area contributed by atoms with E-state index in [1.807, 2.05) is 0 Å². The van der Waals surface area contributed by atoms with Crippen molar-refractivity contribution >= 4 is 121 Å². The van der Waals surface area contributed by atoms with E-state index in [9.17, 15) is 0 Å². The number of hydrogen-bond donors (Lipinski definition) is 0. The molecule has 0 aliphatic carbocycles. The average molecular weight is 905 g/mol. The fraction of sp³-hybridized carbons (Fsp3) is 0.121. The van der Waals surface area contributed by atoms with E-state index in [0.717, 1.165) is 88.2 Å². The summed E-state index contributed by atoms with van der Waals surface area (Å²) in [5.41, 5.74) is 12.5. The zero-order chi connectivity index (χ0) is 47.5. The van der Waals surface area contributed by atoms with E-state index >= 15 is 0 Å². The summed E-state index contributed by atoms with van der Waals surface area (Å²) in [4.78, 5) is 4.87. The van der Waals surface area contributed by atoms with Gasteiger partial charge in [0.2, 0.25) is 0 Å². The fourth-order valence-electron chi connectivity index (χ4n) is 11.0. The lowest BCUT2D eigenvalue weighted by atomic mass is 9.83. The fourth-order valence-corrected chi connectivity index (χ4v) is 11.0. The predicted octanol–water partition coefficient (Wildman–Crippen LogP) is 19.6. The number of furan rings is 2. The van der Waals surface area contributed by atoms with Crippen LogP contribution in [0.5, 0.6) is 0 Å². The summed E-state index contributed by atoms with van der Waals surface area (Å²) < 4.78 is 13.5. The predicted molar refractivity (Wildman–Crippen MR) is 298 cm³/mol. The van der Waals surface area contributed by atoms with Crippen LogP contribution in [-0.4, -0.2) is 0 Å². The van der Waals surface area contributed by atoms with Crippen LogP contribution < -0.4 is 9.80 Å². The van der Waals surface area contributed by atoms with Crippen molar-refractivity contribution in [1.29, 1.82) is 0 Å². The van der Waals surface area contributed by atoms with Crippen LogP contribution in [0.15, 0.2) is 215 Å². The molecule has 13 aromatic rings. The van der Waals surface area contributed by atoms with Crippen LogP contribution in [-0.2, 0) is 10.8 Å². The third-order valence-corrected chi connectivity index (χ3v) is 14.4. The van der Waals surface area contributed by atoms with E-state index in [4.69, 9.17) is 8.83 Å². The molecule has 0 aliphatic heterocycles. The molecule has 338 valence electrons. The number of anilines is 6. The standard InChI is InChI=1S/C66H52N2O2/c1-65(2,3)57-31-27-41-17-13-15-23-51(41)63(57)67(47-19-9-7-10-20-47)49-29-25-43-35-53-55-39-56-54-36-44-26-30-50(34-46(44)38-60(54)70-62(56)40-61(55)69-59(53)37-45(43)33-49)68(48-21-11-8-12-22-48)64-52-24-16-14-18-42(52)28-32-58(64)66(4,5)6/h7-40H,1-6H3. The molecule has 0 fully saturated rings. The lowest BCUT2D eigenvalue weighted by molar-refractivity contribution is 0.591. The second-order valence-electron chi connectivity index (χ2n) is 21.0. The molecule has 0 N–H and O–H groups in total. The van der Waals surface area contributed by atoms with Crippen molar-refractivity contribution in [2.24, 2.45) is 0 Å². The monoisotopic (exact) mass is 904 g/mol. The van der Waals surface area contributed by atoms with E-state index in [0.29, 0.717) is 0 Å². The normalized spacial score (nSPS) is 12.4. The summed E-state index contributed by atoms with van der Waals surface area (Å²) in [6.07, 6.45) is 0. The maximum atomic E-state index is 6.74. The molecule has 0 bridgehead atoms. The van der Waals surface area contributed by atoms with Gasteiger partial charge in [0.05, 0.1) is 11.4 Å². The van der Waals surface area contributed by atoms with Crippen LogP contribution >= 0.6 is 0 Å². The summed E-state index contributed by atoms with van der Waals surface area (Å²) in [6, 6.07) is 75.1. The topological polar surface area (TPSA) is 32.8 Å². The van der Waals surface area contributed by atoms with E-state index < -0.39 is 0 Å². The molecule has 0 spiro atoms. The zero-order valence-electron chi connectivity index (χ0n) is 40.3. The van der Waals surface area contributed by atoms with Crippen molar-refractivity contribution < 1.29 is 8.83 Å². The first-order valence-electron chi connectivity index (χ1n) is 24.4. The molecule has 0 unspecified atom stereocenters. The van der Waals surface area contributed by atoms with Gasteiger partial charge in [0.15, 0.2) is 0 Å². The molecule has 0 aliphatic rings. The molecular weight excluding hydrogens is 853 g/mol. The Morgan fingerprint density at radius 1 is 0.271 bits per heavy atom. The van der Waals surface area contributed by atoms with E-state index in [-0.39, 0.29) is 10.8 Å². The molecule has 0 amide bonds. The first kappa shape index (κ1) is 41.8. The lowest BCUT2D eigenvalue weighted by Crippen LogP contribution is -2.19. The second-order valence-corrected chi connectivity index (χ2v) is 21.0. The number of hydrogen-bond acceptors (Lipinski definition) is 4. The number of benzene rings is 11. The summed E-state index contributed by atoms with van der Waals surface area (Å²) >= 11 is 0. The number of fused-ring (bicyclic) bond motifs is 10. The van der Waals surface area contributed by atoms with Gasteiger partial charge in [0.25, 0.3) is 0 Å². The summed E-state index contributed by atoms with van der Waals surface area (Å²) in [6.45, 7) is 13.8. The van der Waals surface area contributed by atoms with Crippen molar-refractivity contribution in [1.82, 2.24) is 0 Å². The summed E-state index contributed by atoms with van der Waals surface area (Å²) in [5.74, 6) is 0. The maximum absolute atomic E-state index is 6.74. The first-order valence-corrected chi connectivity index (χ1v) is 24.4. The molecule has 0 radical (unpaired) electrons. The van der Waals surface area contributed by atoms with Gasteiger partial charge in [-0.2, -0.15) is 0 Å². The van der Waals surface area contributed by atoms with Gasteiger partial charge >= 0.3 is 0 Å². The largest absolute Gasteiger partial charge is 0.456 e. The Kier molecular flexibility index (Phi) is 9.32. The van der Waals surface area contributed by atoms with Crippen molar-refractivity contribution in [3.05, 3.63) is 217 Å². The number of rotatable bonds is 6. The van der Waals surface area contributed by atoms with Gasteiger partial charge in [0.1, 0.15) is 22.3 Å². The molecule has 4 nitrogen and oxygen atoms in total. The Bertz CT molecular complexity index is 3940. The van der Waals surface area contributed by atoms with Crippen LogP contribution in [0.25, 0.3) is 87.0 Å². The second kappa shape index (κ2) is 15.6. The first-order chi connectivity index (χ1) is 33.9. The highest BCUT2D eigenvalue weighted by molar-refractivity contribution is 6.19. The van der Waals surface area contributed by atoms with Gasteiger partial charge in [-0.25, -0.2) is 0 Å². The van der Waals surface area contributed by atoms with Gasteiger partial charge in [-0.05, 0) is 133 Å². The van der Waals surface area contributed by atoms with Gasteiger partial charge < -0.3 is 18.6 Å². The van der Waals surface area contributed by atoms with Crippen molar-refractivity contribution in [2.75, 3.05) is 9.80 Å². The minimum atomic E-state index is -0.0926. The minimum Gasteiger partial charge on any atom is -0.456 e. The molecule has 13 rings (SSSR count). The zero-order valence-corrected chi connectivity index (χ0v) is 40.3. The van der Waals surface area contributed by atoms with Gasteiger partial charge in [-0.15, -0.1) is 0 Å². The molecule has 70 heavy (non-hydrogen) atoms. The van der Waals surface area contributed by atoms with E-state index in [1.165, 1.54) is 44.0 Å². The molecule has 0 saturated carbocycles. The molecule has 2 aromatic heterocycles. The van der Waals surface area contributed by atoms with Gasteiger partial charge in [-0.3, -0.25) is 0 Å². The lowest BCUT2D eigenvalue weighted by Gasteiger charge is -2.33.